The Kier molecular flexibility index (Phi) is 3.85. The van der Waals surface area contributed by atoms with E-state index in [0.717, 1.165) is 11.1 Å². The summed E-state index contributed by atoms with van der Waals surface area (Å²) < 4.78 is 0. The summed E-state index contributed by atoms with van der Waals surface area (Å²) >= 11 is 0. The molecule has 1 aromatic rings. The maximum absolute atomic E-state index is 12.0. The van der Waals surface area contributed by atoms with Gasteiger partial charge in [0.15, 0.2) is 5.78 Å². The quantitative estimate of drug-likeness (QED) is 0.573. The first kappa shape index (κ1) is 13.2. The highest BCUT2D eigenvalue weighted by atomic mass is 16.1. The average Bonchev–Trinajstić information content (AvgIpc) is 2.26. The molecule has 0 unspecified atom stereocenters. The standard InChI is InChI=1S/C15H17NO/c1-11-7-5-6-8-12(11)9-13(10-16)14(17)15(2,3)4/h5-9H,1-4H3/b13-9+. The molecule has 0 fully saturated rings. The van der Waals surface area contributed by atoms with Gasteiger partial charge in [-0.15, -0.1) is 0 Å². The van der Waals surface area contributed by atoms with Crippen molar-refractivity contribution in [2.24, 2.45) is 5.41 Å². The molecule has 88 valence electrons. The van der Waals surface area contributed by atoms with E-state index >= 15 is 0 Å². The number of hydrogen-bond donors (Lipinski definition) is 0. The van der Waals surface area contributed by atoms with Gasteiger partial charge in [0.1, 0.15) is 6.07 Å². The fraction of sp³-hybridized carbons (Fsp3) is 0.333. The maximum atomic E-state index is 12.0. The number of allylic oxidation sites excluding steroid dienone is 1. The van der Waals surface area contributed by atoms with Crippen LogP contribution in [0.25, 0.3) is 6.08 Å². The van der Waals surface area contributed by atoms with Crippen LogP contribution < -0.4 is 0 Å². The van der Waals surface area contributed by atoms with E-state index in [9.17, 15) is 4.79 Å². The molecule has 0 bridgehead atoms. The molecule has 0 radical (unpaired) electrons. The Hall–Kier alpha value is -1.88. The van der Waals surface area contributed by atoms with E-state index in [2.05, 4.69) is 0 Å². The first-order valence-corrected chi connectivity index (χ1v) is 5.58. The number of benzene rings is 1. The van der Waals surface area contributed by atoms with Crippen LogP contribution in [0.2, 0.25) is 0 Å². The minimum atomic E-state index is -0.524. The predicted octanol–water partition coefficient (Wildman–Crippen LogP) is 3.52. The Labute approximate surface area is 103 Å². The van der Waals surface area contributed by atoms with E-state index in [-0.39, 0.29) is 11.4 Å². The summed E-state index contributed by atoms with van der Waals surface area (Å²) in [6.45, 7) is 7.41. The second-order valence-electron chi connectivity index (χ2n) is 5.11. The highest BCUT2D eigenvalue weighted by molar-refractivity contribution is 6.06. The van der Waals surface area contributed by atoms with Crippen molar-refractivity contribution in [3.63, 3.8) is 0 Å². The highest BCUT2D eigenvalue weighted by Crippen LogP contribution is 2.22. The number of rotatable bonds is 2. The summed E-state index contributed by atoms with van der Waals surface area (Å²) in [5.41, 5.74) is 1.67. The summed E-state index contributed by atoms with van der Waals surface area (Å²) in [5, 5.41) is 9.07. The van der Waals surface area contributed by atoms with E-state index in [1.54, 1.807) is 6.08 Å². The molecule has 17 heavy (non-hydrogen) atoms. The normalized spacial score (nSPS) is 12.1. The zero-order chi connectivity index (χ0) is 13.1. The summed E-state index contributed by atoms with van der Waals surface area (Å²) in [5.74, 6) is -0.122. The van der Waals surface area contributed by atoms with Gasteiger partial charge in [-0.1, -0.05) is 45.0 Å². The molecule has 2 heteroatoms. The molecule has 0 heterocycles. The molecule has 0 N–H and O–H groups in total. The molecule has 1 rings (SSSR count). The van der Waals surface area contributed by atoms with Gasteiger partial charge < -0.3 is 0 Å². The lowest BCUT2D eigenvalue weighted by molar-refractivity contribution is -0.121. The molecular formula is C15H17NO. The van der Waals surface area contributed by atoms with Crippen molar-refractivity contribution in [1.82, 2.24) is 0 Å². The van der Waals surface area contributed by atoms with E-state index in [1.165, 1.54) is 0 Å². The number of aryl methyl sites for hydroxylation is 1. The van der Waals surface area contributed by atoms with Gasteiger partial charge in [-0.3, -0.25) is 4.79 Å². The van der Waals surface area contributed by atoms with Crippen molar-refractivity contribution in [1.29, 1.82) is 5.26 Å². The zero-order valence-corrected chi connectivity index (χ0v) is 10.7. The summed E-state index contributed by atoms with van der Waals surface area (Å²) in [6, 6.07) is 9.69. The molecule has 0 aliphatic heterocycles. The number of hydrogen-bond acceptors (Lipinski definition) is 2. The van der Waals surface area contributed by atoms with Gasteiger partial charge in [-0.05, 0) is 24.1 Å². The lowest BCUT2D eigenvalue weighted by atomic mass is 9.86. The van der Waals surface area contributed by atoms with Gasteiger partial charge in [0.2, 0.25) is 0 Å². The van der Waals surface area contributed by atoms with Crippen LogP contribution >= 0.6 is 0 Å². The van der Waals surface area contributed by atoms with Crippen molar-refractivity contribution in [2.45, 2.75) is 27.7 Å². The Morgan fingerprint density at radius 1 is 1.29 bits per heavy atom. The zero-order valence-electron chi connectivity index (χ0n) is 10.7. The first-order chi connectivity index (χ1) is 7.86. The van der Waals surface area contributed by atoms with Crippen molar-refractivity contribution in [3.05, 3.63) is 41.0 Å². The molecule has 1 aromatic carbocycles. The molecule has 0 saturated heterocycles. The molecule has 0 aliphatic rings. The van der Waals surface area contributed by atoms with Gasteiger partial charge in [-0.2, -0.15) is 5.26 Å². The topological polar surface area (TPSA) is 40.9 Å². The third-order valence-electron chi connectivity index (χ3n) is 2.53. The maximum Gasteiger partial charge on any atom is 0.178 e. The number of nitriles is 1. The van der Waals surface area contributed by atoms with Crippen LogP contribution in [0, 0.1) is 23.7 Å². The van der Waals surface area contributed by atoms with Crippen LogP contribution in [0.15, 0.2) is 29.8 Å². The minimum Gasteiger partial charge on any atom is -0.293 e. The Balaban J connectivity index is 3.18. The lowest BCUT2D eigenvalue weighted by Crippen LogP contribution is -2.21. The number of carbonyl (C=O) groups excluding carboxylic acids is 1. The van der Waals surface area contributed by atoms with Crippen molar-refractivity contribution in [2.75, 3.05) is 0 Å². The van der Waals surface area contributed by atoms with Crippen LogP contribution in [0.1, 0.15) is 31.9 Å². The second-order valence-corrected chi connectivity index (χ2v) is 5.11. The molecule has 0 spiro atoms. The molecular weight excluding hydrogens is 210 g/mol. The molecule has 0 atom stereocenters. The third-order valence-corrected chi connectivity index (χ3v) is 2.53. The summed E-state index contributed by atoms with van der Waals surface area (Å²) in [6.07, 6.45) is 1.67. The van der Waals surface area contributed by atoms with Gasteiger partial charge in [0.05, 0.1) is 5.57 Å². The summed E-state index contributed by atoms with van der Waals surface area (Å²) in [4.78, 5) is 12.0. The van der Waals surface area contributed by atoms with Gasteiger partial charge in [-0.25, -0.2) is 0 Å². The Morgan fingerprint density at radius 2 is 1.88 bits per heavy atom. The van der Waals surface area contributed by atoms with Crippen LogP contribution in [-0.4, -0.2) is 5.78 Å². The van der Waals surface area contributed by atoms with Gasteiger partial charge >= 0.3 is 0 Å². The first-order valence-electron chi connectivity index (χ1n) is 5.58. The smallest absolute Gasteiger partial charge is 0.178 e. The Morgan fingerprint density at radius 3 is 2.35 bits per heavy atom. The SMILES string of the molecule is Cc1ccccc1/C=C(\C#N)C(=O)C(C)(C)C. The molecule has 2 nitrogen and oxygen atoms in total. The molecule has 0 amide bonds. The third kappa shape index (κ3) is 3.29. The number of ketones is 1. The fourth-order valence-corrected chi connectivity index (χ4v) is 1.46. The van der Waals surface area contributed by atoms with Gasteiger partial charge in [0, 0.05) is 5.41 Å². The number of carbonyl (C=O) groups is 1. The largest absolute Gasteiger partial charge is 0.293 e. The van der Waals surface area contributed by atoms with E-state index < -0.39 is 5.41 Å². The summed E-state index contributed by atoms with van der Waals surface area (Å²) in [7, 11) is 0. The van der Waals surface area contributed by atoms with Crippen LogP contribution in [0.3, 0.4) is 0 Å². The van der Waals surface area contributed by atoms with E-state index in [0.29, 0.717) is 0 Å². The molecule has 0 aliphatic carbocycles. The monoisotopic (exact) mass is 227 g/mol. The lowest BCUT2D eigenvalue weighted by Gasteiger charge is -2.15. The van der Waals surface area contributed by atoms with Crippen LogP contribution in [-0.2, 0) is 4.79 Å². The average molecular weight is 227 g/mol. The molecule has 0 aromatic heterocycles. The number of Topliss-reactive ketones (excluding diaryl/α,β-unsaturated/α-hetero) is 1. The van der Waals surface area contributed by atoms with Crippen LogP contribution in [0.5, 0.6) is 0 Å². The number of nitrogens with zero attached hydrogens (tertiary/aromatic N) is 1. The van der Waals surface area contributed by atoms with Crippen molar-refractivity contribution in [3.8, 4) is 6.07 Å². The Bertz CT molecular complexity index is 498. The highest BCUT2D eigenvalue weighted by Gasteiger charge is 2.24. The van der Waals surface area contributed by atoms with Crippen molar-refractivity contribution < 1.29 is 4.79 Å². The predicted molar refractivity (Wildman–Crippen MR) is 69.2 cm³/mol. The fourth-order valence-electron chi connectivity index (χ4n) is 1.46. The van der Waals surface area contributed by atoms with Crippen LogP contribution in [0.4, 0.5) is 0 Å². The van der Waals surface area contributed by atoms with Crippen molar-refractivity contribution >= 4 is 11.9 Å². The van der Waals surface area contributed by atoms with E-state index in [4.69, 9.17) is 5.26 Å². The molecule has 0 saturated carbocycles. The minimum absolute atomic E-state index is 0.122. The van der Waals surface area contributed by atoms with Gasteiger partial charge in [0.25, 0.3) is 0 Å². The second kappa shape index (κ2) is 4.97. The van der Waals surface area contributed by atoms with E-state index in [1.807, 2.05) is 58.0 Å².